The molecule has 0 radical (unpaired) electrons. The lowest BCUT2D eigenvalue weighted by molar-refractivity contribution is 0.0748. The minimum atomic E-state index is -3.06. The molecule has 1 aliphatic rings. The third-order valence-electron chi connectivity index (χ3n) is 5.18. The van der Waals surface area contributed by atoms with Gasteiger partial charge < -0.3 is 5.32 Å². The first-order valence-corrected chi connectivity index (χ1v) is 10.1. The maximum Gasteiger partial charge on any atom is 0.153 e. The second kappa shape index (κ2) is 6.97. The molecule has 5 heteroatoms. The zero-order valence-corrected chi connectivity index (χ0v) is 15.6. The number of nitrogens with zero attached hydrogens (tertiary/aromatic N) is 1. The van der Waals surface area contributed by atoms with Gasteiger partial charge in [-0.2, -0.15) is 0 Å². The zero-order valence-electron chi connectivity index (χ0n) is 14.8. The van der Waals surface area contributed by atoms with Crippen LogP contribution in [0.4, 0.5) is 0 Å². The van der Waals surface area contributed by atoms with Crippen molar-refractivity contribution in [2.75, 3.05) is 25.9 Å². The van der Waals surface area contributed by atoms with E-state index >= 15 is 0 Å². The van der Waals surface area contributed by atoms with E-state index in [-0.39, 0.29) is 0 Å². The second-order valence-corrected chi connectivity index (χ2v) is 10.3. The van der Waals surface area contributed by atoms with Crippen LogP contribution in [0, 0.1) is 11.8 Å². The fraction of sp³-hybridized carbons (Fsp3) is 1.00. The molecule has 0 amide bonds. The van der Waals surface area contributed by atoms with Crippen LogP contribution in [0.1, 0.15) is 48.0 Å². The zero-order chi connectivity index (χ0) is 16.4. The molecule has 1 N–H and O–H groups in total. The van der Waals surface area contributed by atoms with E-state index < -0.39 is 14.6 Å². The van der Waals surface area contributed by atoms with Gasteiger partial charge in [0.2, 0.25) is 0 Å². The third kappa shape index (κ3) is 4.67. The lowest BCUT2D eigenvalue weighted by Crippen LogP contribution is -2.62. The largest absolute Gasteiger partial charge is 0.311 e. The molecule has 4 nitrogen and oxygen atoms in total. The van der Waals surface area contributed by atoms with Gasteiger partial charge in [-0.3, -0.25) is 4.90 Å². The number of hydrogen-bond donors (Lipinski definition) is 1. The Hall–Kier alpha value is -0.130. The van der Waals surface area contributed by atoms with Crippen molar-refractivity contribution in [3.63, 3.8) is 0 Å². The summed E-state index contributed by atoms with van der Waals surface area (Å²) < 4.78 is 23.4. The Morgan fingerprint density at radius 3 is 2.29 bits per heavy atom. The monoisotopic (exact) mass is 318 g/mol. The third-order valence-corrected chi connectivity index (χ3v) is 7.31. The first kappa shape index (κ1) is 18.9. The van der Waals surface area contributed by atoms with Gasteiger partial charge in [-0.15, -0.1) is 0 Å². The summed E-state index contributed by atoms with van der Waals surface area (Å²) in [7, 11) is -3.06. The molecule has 0 saturated carbocycles. The number of nitrogens with one attached hydrogen (secondary N) is 1. The number of sulfone groups is 1. The summed E-state index contributed by atoms with van der Waals surface area (Å²) in [4.78, 5) is 2.40. The molecule has 126 valence electrons. The molecule has 1 heterocycles. The lowest BCUT2D eigenvalue weighted by Gasteiger charge is -2.46. The van der Waals surface area contributed by atoms with Gasteiger partial charge in [0.1, 0.15) is 0 Å². The first-order chi connectivity index (χ1) is 9.49. The van der Waals surface area contributed by atoms with Crippen LogP contribution in [-0.4, -0.2) is 56.0 Å². The van der Waals surface area contributed by atoms with Crippen molar-refractivity contribution < 1.29 is 8.42 Å². The standard InChI is InChI=1S/C16H34N2O2S/c1-8-13(4)14-10-18(15(9-17-14)12(2)3)11-16(5,6)21(7,19)20/h12-15,17H,8-11H2,1-7H3. The highest BCUT2D eigenvalue weighted by Crippen LogP contribution is 2.24. The number of hydrogen-bond acceptors (Lipinski definition) is 4. The Morgan fingerprint density at radius 1 is 1.29 bits per heavy atom. The van der Waals surface area contributed by atoms with Crippen LogP contribution >= 0.6 is 0 Å². The molecule has 0 aromatic carbocycles. The Balaban J connectivity index is 2.91. The van der Waals surface area contributed by atoms with Gasteiger partial charge in [0.25, 0.3) is 0 Å². The lowest BCUT2D eigenvalue weighted by atomic mass is 9.91. The summed E-state index contributed by atoms with van der Waals surface area (Å²) in [5.74, 6) is 1.13. The average molecular weight is 319 g/mol. The van der Waals surface area contributed by atoms with E-state index in [9.17, 15) is 8.42 Å². The Bertz CT molecular complexity index is 432. The highest BCUT2D eigenvalue weighted by atomic mass is 32.2. The molecular formula is C16H34N2O2S. The van der Waals surface area contributed by atoms with E-state index in [1.54, 1.807) is 0 Å². The molecular weight excluding hydrogens is 284 g/mol. The summed E-state index contributed by atoms with van der Waals surface area (Å²) in [6, 6.07) is 0.867. The van der Waals surface area contributed by atoms with Gasteiger partial charge >= 0.3 is 0 Å². The van der Waals surface area contributed by atoms with Crippen LogP contribution in [0.3, 0.4) is 0 Å². The smallest absolute Gasteiger partial charge is 0.153 e. The van der Waals surface area contributed by atoms with Gasteiger partial charge in [0, 0.05) is 38.0 Å². The molecule has 0 aromatic heterocycles. The van der Waals surface area contributed by atoms with Crippen LogP contribution in [0.5, 0.6) is 0 Å². The molecule has 1 saturated heterocycles. The van der Waals surface area contributed by atoms with E-state index in [1.165, 1.54) is 6.26 Å². The Morgan fingerprint density at radius 2 is 1.86 bits per heavy atom. The fourth-order valence-electron chi connectivity index (χ4n) is 2.96. The number of piperazine rings is 1. The molecule has 1 rings (SSSR count). The van der Waals surface area contributed by atoms with Crippen LogP contribution in [-0.2, 0) is 9.84 Å². The molecule has 0 aromatic rings. The van der Waals surface area contributed by atoms with Crippen molar-refractivity contribution in [3.05, 3.63) is 0 Å². The van der Waals surface area contributed by atoms with Gasteiger partial charge in [0.15, 0.2) is 9.84 Å². The number of rotatable bonds is 6. The Kier molecular flexibility index (Phi) is 6.28. The molecule has 21 heavy (non-hydrogen) atoms. The van der Waals surface area contributed by atoms with E-state index in [1.807, 2.05) is 13.8 Å². The van der Waals surface area contributed by atoms with Crippen molar-refractivity contribution in [2.45, 2.75) is 64.8 Å². The van der Waals surface area contributed by atoms with E-state index in [4.69, 9.17) is 0 Å². The quantitative estimate of drug-likeness (QED) is 0.815. The topological polar surface area (TPSA) is 49.4 Å². The summed E-state index contributed by atoms with van der Waals surface area (Å²) in [5, 5.41) is 3.66. The fourth-order valence-corrected chi connectivity index (χ4v) is 3.37. The average Bonchev–Trinajstić information content (AvgIpc) is 2.35. The van der Waals surface area contributed by atoms with Crippen LogP contribution in [0.2, 0.25) is 0 Å². The molecule has 1 aliphatic heterocycles. The van der Waals surface area contributed by atoms with Gasteiger partial charge in [-0.25, -0.2) is 8.42 Å². The molecule has 3 unspecified atom stereocenters. The van der Waals surface area contributed by atoms with Crippen molar-refractivity contribution in [1.82, 2.24) is 10.2 Å². The van der Waals surface area contributed by atoms with Crippen LogP contribution in [0.25, 0.3) is 0 Å². The minimum absolute atomic E-state index is 0.409. The van der Waals surface area contributed by atoms with Crippen LogP contribution in [0.15, 0.2) is 0 Å². The molecule has 0 bridgehead atoms. The summed E-state index contributed by atoms with van der Waals surface area (Å²) in [5.41, 5.74) is 0. The SMILES string of the molecule is CCC(C)C1CN(CC(C)(C)S(C)(=O)=O)C(C(C)C)CN1. The van der Waals surface area contributed by atoms with Crippen molar-refractivity contribution in [1.29, 1.82) is 0 Å². The highest BCUT2D eigenvalue weighted by Gasteiger charge is 2.38. The minimum Gasteiger partial charge on any atom is -0.311 e. The van der Waals surface area contributed by atoms with Gasteiger partial charge in [0.05, 0.1) is 4.75 Å². The van der Waals surface area contributed by atoms with Crippen LogP contribution < -0.4 is 5.32 Å². The predicted octanol–water partition coefficient (Wildman–Crippen LogP) is 2.15. The van der Waals surface area contributed by atoms with Crippen molar-refractivity contribution in [2.24, 2.45) is 11.8 Å². The summed E-state index contributed by atoms with van der Waals surface area (Å²) in [6.07, 6.45) is 2.50. The highest BCUT2D eigenvalue weighted by molar-refractivity contribution is 7.92. The molecule has 1 fully saturated rings. The normalized spacial score (nSPS) is 27.0. The molecule has 3 atom stereocenters. The maximum absolute atomic E-state index is 12.0. The van der Waals surface area contributed by atoms with Gasteiger partial charge in [-0.05, 0) is 25.7 Å². The maximum atomic E-state index is 12.0. The first-order valence-electron chi connectivity index (χ1n) is 8.16. The van der Waals surface area contributed by atoms with Crippen molar-refractivity contribution in [3.8, 4) is 0 Å². The van der Waals surface area contributed by atoms with E-state index in [0.29, 0.717) is 30.5 Å². The Labute approximate surface area is 131 Å². The summed E-state index contributed by atoms with van der Waals surface area (Å²) in [6.45, 7) is 15.1. The van der Waals surface area contributed by atoms with E-state index in [0.717, 1.165) is 19.5 Å². The predicted molar refractivity (Wildman–Crippen MR) is 90.4 cm³/mol. The summed E-state index contributed by atoms with van der Waals surface area (Å²) >= 11 is 0. The van der Waals surface area contributed by atoms with Gasteiger partial charge in [-0.1, -0.05) is 34.1 Å². The van der Waals surface area contributed by atoms with E-state index in [2.05, 4.69) is 37.9 Å². The molecule has 0 spiro atoms. The second-order valence-electron chi connectivity index (χ2n) is 7.67. The van der Waals surface area contributed by atoms with Crippen molar-refractivity contribution >= 4 is 9.84 Å². The molecule has 0 aliphatic carbocycles.